The largest absolute Gasteiger partial charge is 0.323 e. The topological polar surface area (TPSA) is 64.0 Å². The van der Waals surface area contributed by atoms with Crippen molar-refractivity contribution in [2.24, 2.45) is 0 Å². The number of para-hydroxylation sites is 1. The second-order valence-electron chi connectivity index (χ2n) is 6.24. The van der Waals surface area contributed by atoms with Crippen LogP contribution < -0.4 is 10.9 Å². The highest BCUT2D eigenvalue weighted by atomic mass is 79.9. The molecule has 8 heteroatoms. The van der Waals surface area contributed by atoms with Gasteiger partial charge in [-0.05, 0) is 43.7 Å². The molecule has 1 unspecified atom stereocenters. The van der Waals surface area contributed by atoms with Crippen molar-refractivity contribution in [3.05, 3.63) is 63.1 Å². The van der Waals surface area contributed by atoms with Crippen LogP contribution in [0.15, 0.2) is 56.9 Å². The Morgan fingerprint density at radius 1 is 1.32 bits per heavy atom. The zero-order chi connectivity index (χ0) is 20.3. The van der Waals surface area contributed by atoms with Gasteiger partial charge in [0, 0.05) is 11.0 Å². The van der Waals surface area contributed by atoms with E-state index >= 15 is 0 Å². The van der Waals surface area contributed by atoms with E-state index in [1.807, 2.05) is 13.0 Å². The molecule has 0 saturated carbocycles. The minimum absolute atomic E-state index is 0.127. The van der Waals surface area contributed by atoms with Gasteiger partial charge in [0.05, 0.1) is 21.8 Å². The van der Waals surface area contributed by atoms with Gasteiger partial charge in [-0.3, -0.25) is 14.2 Å². The smallest absolute Gasteiger partial charge is 0.262 e. The lowest BCUT2D eigenvalue weighted by atomic mass is 10.2. The maximum Gasteiger partial charge on any atom is 0.262 e. The van der Waals surface area contributed by atoms with Crippen molar-refractivity contribution in [3.63, 3.8) is 0 Å². The minimum atomic E-state index is -0.567. The lowest BCUT2D eigenvalue weighted by Gasteiger charge is -2.16. The van der Waals surface area contributed by atoms with Gasteiger partial charge in [-0.15, -0.1) is 0 Å². The highest BCUT2D eigenvalue weighted by Gasteiger charge is 2.20. The van der Waals surface area contributed by atoms with Gasteiger partial charge in [-0.2, -0.15) is 0 Å². The molecule has 0 radical (unpaired) electrons. The second kappa shape index (κ2) is 8.87. The molecule has 0 aliphatic rings. The standard InChI is InChI=1S/C20H19BrFN3O2S/c1-3-10-25-19(27)14-11-13(21)8-9-16(14)24-20(25)28-12(2)18(26)23-17-7-5-4-6-15(17)22/h4-9,11-12H,3,10H2,1-2H3,(H,23,26). The van der Waals surface area contributed by atoms with Crippen LogP contribution >= 0.6 is 27.7 Å². The number of anilines is 1. The normalized spacial score (nSPS) is 12.1. The molecule has 28 heavy (non-hydrogen) atoms. The fourth-order valence-corrected chi connectivity index (χ4v) is 3.99. The molecule has 1 aromatic heterocycles. The van der Waals surface area contributed by atoms with Crippen LogP contribution in [0.25, 0.3) is 10.9 Å². The number of aromatic nitrogens is 2. The van der Waals surface area contributed by atoms with Crippen molar-refractivity contribution in [3.8, 4) is 0 Å². The molecule has 3 rings (SSSR count). The van der Waals surface area contributed by atoms with Crippen molar-refractivity contribution in [2.45, 2.75) is 37.2 Å². The Morgan fingerprint density at radius 2 is 2.07 bits per heavy atom. The number of benzene rings is 2. The van der Waals surface area contributed by atoms with Crippen LogP contribution in [-0.2, 0) is 11.3 Å². The van der Waals surface area contributed by atoms with E-state index in [1.54, 1.807) is 35.8 Å². The third-order valence-electron chi connectivity index (χ3n) is 4.11. The number of rotatable bonds is 6. The first-order valence-electron chi connectivity index (χ1n) is 8.83. The zero-order valence-electron chi connectivity index (χ0n) is 15.4. The number of hydrogen-bond donors (Lipinski definition) is 1. The van der Waals surface area contributed by atoms with Gasteiger partial charge in [0.25, 0.3) is 5.56 Å². The van der Waals surface area contributed by atoms with E-state index in [4.69, 9.17) is 0 Å². The number of carbonyl (C=O) groups excluding carboxylic acids is 1. The van der Waals surface area contributed by atoms with Gasteiger partial charge in [-0.1, -0.05) is 46.7 Å². The number of carbonyl (C=O) groups is 1. The summed E-state index contributed by atoms with van der Waals surface area (Å²) in [5, 5.41) is 3.01. The molecular formula is C20H19BrFN3O2S. The summed E-state index contributed by atoms with van der Waals surface area (Å²) in [6.07, 6.45) is 0.754. The van der Waals surface area contributed by atoms with Crippen molar-refractivity contribution in [1.82, 2.24) is 9.55 Å². The van der Waals surface area contributed by atoms with Crippen LogP contribution in [-0.4, -0.2) is 20.7 Å². The quantitative estimate of drug-likeness (QED) is 0.420. The van der Waals surface area contributed by atoms with Gasteiger partial charge in [0.2, 0.25) is 5.91 Å². The van der Waals surface area contributed by atoms with E-state index in [9.17, 15) is 14.0 Å². The van der Waals surface area contributed by atoms with Crippen LogP contribution in [0.3, 0.4) is 0 Å². The SMILES string of the molecule is CCCn1c(SC(C)C(=O)Nc2ccccc2F)nc2ccc(Br)cc2c1=O. The number of amides is 1. The number of nitrogens with one attached hydrogen (secondary N) is 1. The molecule has 5 nitrogen and oxygen atoms in total. The molecule has 2 aromatic carbocycles. The number of thioether (sulfide) groups is 1. The summed E-state index contributed by atoms with van der Waals surface area (Å²) < 4.78 is 16.2. The van der Waals surface area contributed by atoms with E-state index in [-0.39, 0.29) is 17.2 Å². The summed E-state index contributed by atoms with van der Waals surface area (Å²) in [6, 6.07) is 11.3. The van der Waals surface area contributed by atoms with Crippen molar-refractivity contribution < 1.29 is 9.18 Å². The minimum Gasteiger partial charge on any atom is -0.323 e. The molecule has 0 fully saturated rings. The third-order valence-corrected chi connectivity index (χ3v) is 5.69. The molecule has 1 N–H and O–H groups in total. The third kappa shape index (κ3) is 4.44. The first-order valence-corrected chi connectivity index (χ1v) is 10.5. The first kappa shape index (κ1) is 20.5. The first-order chi connectivity index (χ1) is 13.4. The molecule has 0 aliphatic heterocycles. The molecule has 0 aliphatic carbocycles. The van der Waals surface area contributed by atoms with Crippen molar-refractivity contribution in [1.29, 1.82) is 0 Å². The van der Waals surface area contributed by atoms with Crippen LogP contribution in [0.4, 0.5) is 10.1 Å². The van der Waals surface area contributed by atoms with Gasteiger partial charge in [0.15, 0.2) is 5.16 Å². The van der Waals surface area contributed by atoms with Gasteiger partial charge >= 0.3 is 0 Å². The van der Waals surface area contributed by atoms with Crippen molar-refractivity contribution >= 4 is 50.2 Å². The maximum atomic E-state index is 13.8. The fraction of sp³-hybridized carbons (Fsp3) is 0.250. The van der Waals surface area contributed by atoms with E-state index in [0.29, 0.717) is 22.6 Å². The Labute approximate surface area is 174 Å². The monoisotopic (exact) mass is 463 g/mol. The molecule has 1 atom stereocenters. The summed E-state index contributed by atoms with van der Waals surface area (Å²) in [4.78, 5) is 30.0. The van der Waals surface area contributed by atoms with E-state index < -0.39 is 11.1 Å². The highest BCUT2D eigenvalue weighted by Crippen LogP contribution is 2.25. The maximum absolute atomic E-state index is 13.8. The lowest BCUT2D eigenvalue weighted by Crippen LogP contribution is -2.27. The van der Waals surface area contributed by atoms with Crippen LogP contribution in [0.1, 0.15) is 20.3 Å². The Morgan fingerprint density at radius 3 is 2.79 bits per heavy atom. The van der Waals surface area contributed by atoms with Crippen LogP contribution in [0.5, 0.6) is 0 Å². The van der Waals surface area contributed by atoms with E-state index in [2.05, 4.69) is 26.2 Å². The highest BCUT2D eigenvalue weighted by molar-refractivity contribution is 9.10. The predicted molar refractivity (Wildman–Crippen MR) is 114 cm³/mol. The second-order valence-corrected chi connectivity index (χ2v) is 8.47. The molecule has 146 valence electrons. The van der Waals surface area contributed by atoms with Gasteiger partial charge in [0.1, 0.15) is 5.82 Å². The molecular weight excluding hydrogens is 445 g/mol. The van der Waals surface area contributed by atoms with E-state index in [1.165, 1.54) is 23.9 Å². The molecule has 0 bridgehead atoms. The van der Waals surface area contributed by atoms with E-state index in [0.717, 1.165) is 10.9 Å². The van der Waals surface area contributed by atoms with Crippen LogP contribution in [0.2, 0.25) is 0 Å². The average molecular weight is 464 g/mol. The zero-order valence-corrected chi connectivity index (χ0v) is 17.8. The number of fused-ring (bicyclic) bond motifs is 1. The number of hydrogen-bond acceptors (Lipinski definition) is 4. The summed E-state index contributed by atoms with van der Waals surface area (Å²) in [5.41, 5.74) is 0.560. The Bertz CT molecular complexity index is 1090. The van der Waals surface area contributed by atoms with Crippen molar-refractivity contribution in [2.75, 3.05) is 5.32 Å². The molecule has 3 aromatic rings. The van der Waals surface area contributed by atoms with Gasteiger partial charge < -0.3 is 5.32 Å². The predicted octanol–water partition coefficient (Wildman–Crippen LogP) is 4.83. The fourth-order valence-electron chi connectivity index (χ4n) is 2.69. The summed E-state index contributed by atoms with van der Waals surface area (Å²) in [7, 11) is 0. The molecule has 1 amide bonds. The van der Waals surface area contributed by atoms with Crippen LogP contribution in [0, 0.1) is 5.82 Å². The molecule has 0 saturated heterocycles. The summed E-state index contributed by atoms with van der Waals surface area (Å²) in [6.45, 7) is 4.17. The number of nitrogens with zero attached hydrogens (tertiary/aromatic N) is 2. The Hall–Kier alpha value is -2.19. The molecule has 1 heterocycles. The summed E-state index contributed by atoms with van der Waals surface area (Å²) >= 11 is 4.56. The molecule has 0 spiro atoms. The lowest BCUT2D eigenvalue weighted by molar-refractivity contribution is -0.115. The average Bonchev–Trinajstić information content (AvgIpc) is 2.67. The Balaban J connectivity index is 1.91. The Kier molecular flexibility index (Phi) is 6.51. The number of halogens is 2. The summed E-state index contributed by atoms with van der Waals surface area (Å²) in [5.74, 6) is -0.853. The van der Waals surface area contributed by atoms with Gasteiger partial charge in [-0.25, -0.2) is 9.37 Å².